The number of fused-ring (bicyclic) bond motifs is 1. The number of nitrogens with one attached hydrogen (secondary N) is 1. The van der Waals surface area contributed by atoms with Crippen molar-refractivity contribution in [1.82, 2.24) is 4.90 Å². The fraction of sp³-hybridized carbons (Fsp3) is 0.250. The van der Waals surface area contributed by atoms with Crippen molar-refractivity contribution in [2.24, 2.45) is 0 Å². The highest BCUT2D eigenvalue weighted by Crippen LogP contribution is 2.23. The predicted molar refractivity (Wildman–Crippen MR) is 97.0 cm³/mol. The third-order valence-corrected chi connectivity index (χ3v) is 4.49. The van der Waals surface area contributed by atoms with Gasteiger partial charge in [-0.1, -0.05) is 6.07 Å². The van der Waals surface area contributed by atoms with Crippen LogP contribution >= 0.6 is 0 Å². The minimum Gasteiger partial charge on any atom is -0.465 e. The number of anilines is 1. The Kier molecular flexibility index (Phi) is 5.02. The Labute approximate surface area is 151 Å². The maximum Gasteiger partial charge on any atom is 0.337 e. The second-order valence-electron chi connectivity index (χ2n) is 6.20. The smallest absolute Gasteiger partial charge is 0.337 e. The minimum absolute atomic E-state index is 0.0517. The minimum atomic E-state index is -0.443. The van der Waals surface area contributed by atoms with Crippen LogP contribution < -0.4 is 5.32 Å². The molecule has 0 aromatic heterocycles. The molecule has 0 saturated carbocycles. The Morgan fingerprint density at radius 1 is 1.00 bits per heavy atom. The van der Waals surface area contributed by atoms with Crippen LogP contribution in [0.5, 0.6) is 0 Å². The molecule has 2 amide bonds. The van der Waals surface area contributed by atoms with Crippen LogP contribution in [-0.4, -0.2) is 36.3 Å². The first kappa shape index (κ1) is 17.7. The van der Waals surface area contributed by atoms with Gasteiger partial charge in [0, 0.05) is 31.3 Å². The highest BCUT2D eigenvalue weighted by molar-refractivity contribution is 6.04. The molecular formula is C20H20N2O4. The number of carbonyl (C=O) groups is 3. The number of hydrogen-bond acceptors (Lipinski definition) is 4. The number of hydrogen-bond donors (Lipinski definition) is 1. The number of ether oxygens (including phenoxy) is 1. The summed E-state index contributed by atoms with van der Waals surface area (Å²) < 4.78 is 4.64. The monoisotopic (exact) mass is 352 g/mol. The van der Waals surface area contributed by atoms with Crippen molar-refractivity contribution in [3.8, 4) is 0 Å². The average molecular weight is 352 g/mol. The molecule has 0 atom stereocenters. The molecule has 134 valence electrons. The van der Waals surface area contributed by atoms with E-state index in [-0.39, 0.29) is 11.8 Å². The van der Waals surface area contributed by atoms with E-state index in [9.17, 15) is 14.4 Å². The second-order valence-corrected chi connectivity index (χ2v) is 6.20. The number of benzene rings is 2. The van der Waals surface area contributed by atoms with Crippen molar-refractivity contribution >= 4 is 23.5 Å². The molecule has 6 nitrogen and oxygen atoms in total. The van der Waals surface area contributed by atoms with Gasteiger partial charge in [0.15, 0.2) is 0 Å². The summed E-state index contributed by atoms with van der Waals surface area (Å²) in [5.41, 5.74) is 3.76. The van der Waals surface area contributed by atoms with Crippen molar-refractivity contribution in [2.75, 3.05) is 19.0 Å². The fourth-order valence-corrected chi connectivity index (χ4v) is 2.98. The lowest BCUT2D eigenvalue weighted by Gasteiger charge is -2.28. The molecule has 0 aliphatic carbocycles. The van der Waals surface area contributed by atoms with Crippen molar-refractivity contribution in [3.63, 3.8) is 0 Å². The molecule has 2 aromatic rings. The standard InChI is InChI=1S/C20H20N2O4/c1-13(23)22-10-9-14-7-8-18(11-17(14)12-22)21-19(24)15-3-5-16(6-4-15)20(25)26-2/h3-8,11H,9-10,12H2,1-2H3,(H,21,24). The maximum atomic E-state index is 12.4. The number of amides is 2. The third kappa shape index (κ3) is 3.74. The molecule has 1 heterocycles. The molecule has 2 aromatic carbocycles. The lowest BCUT2D eigenvalue weighted by molar-refractivity contribution is -0.129. The Bertz CT molecular complexity index is 859. The molecule has 1 aliphatic rings. The Morgan fingerprint density at radius 3 is 2.35 bits per heavy atom. The fourth-order valence-electron chi connectivity index (χ4n) is 2.98. The van der Waals surface area contributed by atoms with E-state index in [1.165, 1.54) is 12.7 Å². The van der Waals surface area contributed by atoms with E-state index in [0.717, 1.165) is 18.5 Å². The van der Waals surface area contributed by atoms with E-state index in [2.05, 4.69) is 10.1 Å². The lowest BCUT2D eigenvalue weighted by atomic mass is 9.99. The molecule has 0 saturated heterocycles. The third-order valence-electron chi connectivity index (χ3n) is 4.49. The average Bonchev–Trinajstić information content (AvgIpc) is 2.66. The van der Waals surface area contributed by atoms with Crippen LogP contribution in [0.15, 0.2) is 42.5 Å². The largest absolute Gasteiger partial charge is 0.465 e. The predicted octanol–water partition coefficient (Wildman–Crippen LogP) is 2.63. The first-order valence-corrected chi connectivity index (χ1v) is 8.35. The molecule has 0 bridgehead atoms. The normalized spacial score (nSPS) is 12.9. The summed E-state index contributed by atoms with van der Waals surface area (Å²) in [7, 11) is 1.31. The first-order valence-electron chi connectivity index (χ1n) is 8.35. The highest BCUT2D eigenvalue weighted by atomic mass is 16.5. The van der Waals surface area contributed by atoms with Gasteiger partial charge in [-0.05, 0) is 53.9 Å². The van der Waals surface area contributed by atoms with E-state index >= 15 is 0 Å². The Balaban J connectivity index is 1.73. The Hall–Kier alpha value is -3.15. The van der Waals surface area contributed by atoms with Gasteiger partial charge in [-0.2, -0.15) is 0 Å². The number of rotatable bonds is 3. The second kappa shape index (κ2) is 7.39. The van der Waals surface area contributed by atoms with Crippen LogP contribution in [0.4, 0.5) is 5.69 Å². The number of esters is 1. The lowest BCUT2D eigenvalue weighted by Crippen LogP contribution is -2.34. The summed E-state index contributed by atoms with van der Waals surface area (Å²) in [4.78, 5) is 37.2. The molecule has 0 radical (unpaired) electrons. The van der Waals surface area contributed by atoms with Gasteiger partial charge < -0.3 is 15.0 Å². The summed E-state index contributed by atoms with van der Waals surface area (Å²) in [6, 6.07) is 12.0. The van der Waals surface area contributed by atoms with Gasteiger partial charge in [0.25, 0.3) is 5.91 Å². The molecule has 3 rings (SSSR count). The van der Waals surface area contributed by atoms with E-state index in [1.807, 2.05) is 18.2 Å². The van der Waals surface area contributed by atoms with Crippen LogP contribution in [0.1, 0.15) is 38.8 Å². The van der Waals surface area contributed by atoms with E-state index in [1.54, 1.807) is 36.1 Å². The zero-order valence-electron chi connectivity index (χ0n) is 14.7. The number of methoxy groups -OCH3 is 1. The highest BCUT2D eigenvalue weighted by Gasteiger charge is 2.18. The van der Waals surface area contributed by atoms with Crippen LogP contribution in [0.2, 0.25) is 0 Å². The Morgan fingerprint density at radius 2 is 1.69 bits per heavy atom. The van der Waals surface area contributed by atoms with Crippen molar-refractivity contribution in [2.45, 2.75) is 19.9 Å². The van der Waals surface area contributed by atoms with E-state index in [4.69, 9.17) is 0 Å². The summed E-state index contributed by atoms with van der Waals surface area (Å²) in [5.74, 6) is -0.655. The molecule has 0 spiro atoms. The van der Waals surface area contributed by atoms with Gasteiger partial charge in [-0.3, -0.25) is 9.59 Å². The van der Waals surface area contributed by atoms with E-state index < -0.39 is 5.97 Å². The molecule has 0 fully saturated rings. The molecule has 1 aliphatic heterocycles. The van der Waals surface area contributed by atoms with E-state index in [0.29, 0.717) is 23.4 Å². The van der Waals surface area contributed by atoms with Crippen LogP contribution in [-0.2, 0) is 22.5 Å². The molecule has 26 heavy (non-hydrogen) atoms. The van der Waals surface area contributed by atoms with Gasteiger partial charge in [0.2, 0.25) is 5.91 Å². The molecule has 6 heteroatoms. The van der Waals surface area contributed by atoms with Crippen molar-refractivity contribution in [3.05, 3.63) is 64.7 Å². The van der Waals surface area contributed by atoms with Gasteiger partial charge in [-0.15, -0.1) is 0 Å². The summed E-state index contributed by atoms with van der Waals surface area (Å²) in [5, 5.41) is 2.86. The zero-order valence-corrected chi connectivity index (χ0v) is 14.7. The number of carbonyl (C=O) groups excluding carboxylic acids is 3. The topological polar surface area (TPSA) is 75.7 Å². The SMILES string of the molecule is COC(=O)c1ccc(C(=O)Nc2ccc3c(c2)CN(C(C)=O)CC3)cc1. The molecule has 1 N–H and O–H groups in total. The first-order chi connectivity index (χ1) is 12.5. The zero-order chi connectivity index (χ0) is 18.7. The van der Waals surface area contributed by atoms with Gasteiger partial charge in [0.05, 0.1) is 12.7 Å². The van der Waals surface area contributed by atoms with Gasteiger partial charge >= 0.3 is 5.97 Å². The van der Waals surface area contributed by atoms with Gasteiger partial charge in [0.1, 0.15) is 0 Å². The van der Waals surface area contributed by atoms with Crippen molar-refractivity contribution in [1.29, 1.82) is 0 Å². The summed E-state index contributed by atoms with van der Waals surface area (Å²) >= 11 is 0. The van der Waals surface area contributed by atoms with Crippen LogP contribution in [0.3, 0.4) is 0 Å². The maximum absolute atomic E-state index is 12.4. The van der Waals surface area contributed by atoms with Crippen LogP contribution in [0, 0.1) is 0 Å². The molecule has 0 unspecified atom stereocenters. The van der Waals surface area contributed by atoms with Gasteiger partial charge in [-0.25, -0.2) is 4.79 Å². The quantitative estimate of drug-likeness (QED) is 0.862. The van der Waals surface area contributed by atoms with Crippen LogP contribution in [0.25, 0.3) is 0 Å². The summed E-state index contributed by atoms with van der Waals surface area (Å²) in [6.07, 6.45) is 0.818. The van der Waals surface area contributed by atoms with Crippen molar-refractivity contribution < 1.29 is 19.1 Å². The number of nitrogens with zero attached hydrogens (tertiary/aromatic N) is 1. The molecular weight excluding hydrogens is 332 g/mol. The summed E-state index contributed by atoms with van der Waals surface area (Å²) in [6.45, 7) is 2.84.